The van der Waals surface area contributed by atoms with Crippen molar-refractivity contribution in [3.63, 3.8) is 0 Å². The van der Waals surface area contributed by atoms with E-state index >= 15 is 0 Å². The second-order valence-corrected chi connectivity index (χ2v) is 6.30. The second-order valence-electron chi connectivity index (χ2n) is 4.57. The van der Waals surface area contributed by atoms with Crippen LogP contribution >= 0.6 is 0 Å². The third kappa shape index (κ3) is 2.80. The van der Waals surface area contributed by atoms with Gasteiger partial charge in [0, 0.05) is 24.6 Å². The molecule has 3 N–H and O–H groups in total. The molecule has 1 aliphatic heterocycles. The zero-order valence-electron chi connectivity index (χ0n) is 10.8. The van der Waals surface area contributed by atoms with Gasteiger partial charge in [-0.15, -0.1) is 6.58 Å². The monoisotopic (exact) mass is 282 g/mol. The van der Waals surface area contributed by atoms with Crippen LogP contribution in [0.3, 0.4) is 0 Å². The van der Waals surface area contributed by atoms with E-state index in [0.717, 1.165) is 11.1 Å². The molecule has 1 aliphatic rings. The zero-order chi connectivity index (χ0) is 14.0. The molecule has 6 heteroatoms. The Kier molecular flexibility index (Phi) is 3.93. The van der Waals surface area contributed by atoms with Crippen LogP contribution in [0.4, 0.5) is 0 Å². The van der Waals surface area contributed by atoms with Crippen LogP contribution in [0.2, 0.25) is 0 Å². The van der Waals surface area contributed by atoms with E-state index in [4.69, 9.17) is 10.5 Å². The molecule has 0 fully saturated rings. The molecule has 0 radical (unpaired) electrons. The molecule has 19 heavy (non-hydrogen) atoms. The fourth-order valence-electron chi connectivity index (χ4n) is 2.09. The minimum atomic E-state index is -3.61. The van der Waals surface area contributed by atoms with Crippen LogP contribution < -0.4 is 15.2 Å². The van der Waals surface area contributed by atoms with E-state index in [-0.39, 0.29) is 17.5 Å². The molecule has 0 saturated carbocycles. The quantitative estimate of drug-likeness (QED) is 0.814. The molecule has 1 heterocycles. The summed E-state index contributed by atoms with van der Waals surface area (Å²) in [6.45, 7) is 5.95. The molecule has 2 rings (SSSR count). The van der Waals surface area contributed by atoms with E-state index in [1.165, 1.54) is 6.08 Å². The number of nitrogens with one attached hydrogen (secondary N) is 1. The Morgan fingerprint density at radius 3 is 3.00 bits per heavy atom. The van der Waals surface area contributed by atoms with Gasteiger partial charge in [0.25, 0.3) is 0 Å². The van der Waals surface area contributed by atoms with Gasteiger partial charge in [0.2, 0.25) is 10.0 Å². The Morgan fingerprint density at radius 1 is 1.58 bits per heavy atom. The molecule has 1 aromatic rings. The summed E-state index contributed by atoms with van der Waals surface area (Å²) >= 11 is 0. The number of sulfonamides is 1. The van der Waals surface area contributed by atoms with Crippen molar-refractivity contribution in [3.05, 3.63) is 35.9 Å². The van der Waals surface area contributed by atoms with Gasteiger partial charge in [-0.1, -0.05) is 12.1 Å². The fraction of sp³-hybridized carbons (Fsp3) is 0.385. The minimum absolute atomic E-state index is 0.152. The SMILES string of the molecule is C=CCNS(=O)(=O)c1cc(C)cc2c1OCCC2N. The van der Waals surface area contributed by atoms with Crippen LogP contribution in [0.5, 0.6) is 5.75 Å². The summed E-state index contributed by atoms with van der Waals surface area (Å²) in [5, 5.41) is 0. The van der Waals surface area contributed by atoms with Gasteiger partial charge in [0.05, 0.1) is 6.61 Å². The first-order valence-corrected chi connectivity index (χ1v) is 7.57. The van der Waals surface area contributed by atoms with Crippen LogP contribution in [-0.4, -0.2) is 21.6 Å². The van der Waals surface area contributed by atoms with E-state index in [1.54, 1.807) is 6.07 Å². The third-order valence-electron chi connectivity index (χ3n) is 3.01. The van der Waals surface area contributed by atoms with Crippen LogP contribution in [-0.2, 0) is 10.0 Å². The van der Waals surface area contributed by atoms with Crippen molar-refractivity contribution in [2.24, 2.45) is 5.73 Å². The molecule has 0 spiro atoms. The molecule has 0 amide bonds. The Morgan fingerprint density at radius 2 is 2.32 bits per heavy atom. The van der Waals surface area contributed by atoms with Crippen molar-refractivity contribution in [3.8, 4) is 5.75 Å². The maximum Gasteiger partial charge on any atom is 0.244 e. The number of benzene rings is 1. The summed E-state index contributed by atoms with van der Waals surface area (Å²) in [4.78, 5) is 0.152. The average molecular weight is 282 g/mol. The highest BCUT2D eigenvalue weighted by molar-refractivity contribution is 7.89. The summed E-state index contributed by atoms with van der Waals surface area (Å²) in [6, 6.07) is 3.30. The van der Waals surface area contributed by atoms with Crippen LogP contribution in [0.25, 0.3) is 0 Å². The van der Waals surface area contributed by atoms with E-state index < -0.39 is 10.0 Å². The van der Waals surface area contributed by atoms with Gasteiger partial charge in [-0.2, -0.15) is 0 Å². The van der Waals surface area contributed by atoms with Gasteiger partial charge < -0.3 is 10.5 Å². The van der Waals surface area contributed by atoms with Gasteiger partial charge in [-0.25, -0.2) is 13.1 Å². The van der Waals surface area contributed by atoms with Gasteiger partial charge in [0.15, 0.2) is 0 Å². The number of fused-ring (bicyclic) bond motifs is 1. The number of ether oxygens (including phenoxy) is 1. The van der Waals surface area contributed by atoms with Crippen LogP contribution in [0, 0.1) is 6.92 Å². The van der Waals surface area contributed by atoms with Gasteiger partial charge in [-0.05, 0) is 18.6 Å². The third-order valence-corrected chi connectivity index (χ3v) is 4.44. The van der Waals surface area contributed by atoms with Crippen molar-refractivity contribution < 1.29 is 13.2 Å². The van der Waals surface area contributed by atoms with Gasteiger partial charge in [0.1, 0.15) is 10.6 Å². The first kappa shape index (κ1) is 14.0. The molecule has 0 bridgehead atoms. The van der Waals surface area contributed by atoms with Crippen molar-refractivity contribution >= 4 is 10.0 Å². The molecule has 104 valence electrons. The van der Waals surface area contributed by atoms with E-state index in [9.17, 15) is 8.42 Å². The maximum atomic E-state index is 12.2. The Bertz CT molecular complexity index is 596. The molecule has 1 atom stereocenters. The summed E-state index contributed by atoms with van der Waals surface area (Å²) in [5.74, 6) is 0.376. The van der Waals surface area contributed by atoms with Crippen LogP contribution in [0.15, 0.2) is 29.7 Å². The average Bonchev–Trinajstić information content (AvgIpc) is 2.37. The lowest BCUT2D eigenvalue weighted by Gasteiger charge is -2.25. The van der Waals surface area contributed by atoms with E-state index in [1.807, 2.05) is 13.0 Å². The standard InChI is InChI=1S/C13H18N2O3S/c1-3-5-15-19(16,17)12-8-9(2)7-10-11(14)4-6-18-13(10)12/h3,7-8,11,15H,1,4-6,14H2,2H3. The number of hydrogen-bond donors (Lipinski definition) is 2. The highest BCUT2D eigenvalue weighted by Crippen LogP contribution is 2.37. The lowest BCUT2D eigenvalue weighted by Crippen LogP contribution is -2.27. The highest BCUT2D eigenvalue weighted by atomic mass is 32.2. The zero-order valence-corrected chi connectivity index (χ0v) is 11.7. The molecular weight excluding hydrogens is 264 g/mol. The van der Waals surface area contributed by atoms with Crippen molar-refractivity contribution in [2.45, 2.75) is 24.3 Å². The number of hydrogen-bond acceptors (Lipinski definition) is 4. The highest BCUT2D eigenvalue weighted by Gasteiger charge is 2.27. The summed E-state index contributed by atoms with van der Waals surface area (Å²) in [5.41, 5.74) is 7.62. The summed E-state index contributed by atoms with van der Waals surface area (Å²) in [7, 11) is -3.61. The van der Waals surface area contributed by atoms with Crippen LogP contribution in [0.1, 0.15) is 23.6 Å². The van der Waals surface area contributed by atoms with E-state index in [0.29, 0.717) is 18.8 Å². The number of rotatable bonds is 4. The van der Waals surface area contributed by atoms with Crippen molar-refractivity contribution in [2.75, 3.05) is 13.2 Å². The fourth-order valence-corrected chi connectivity index (χ4v) is 3.34. The Balaban J connectivity index is 2.54. The summed E-state index contributed by atoms with van der Waals surface area (Å²) < 4.78 is 32.5. The Hall–Kier alpha value is -1.37. The first-order valence-electron chi connectivity index (χ1n) is 6.09. The normalized spacial score (nSPS) is 18.5. The van der Waals surface area contributed by atoms with Gasteiger partial charge >= 0.3 is 0 Å². The Labute approximate surface area is 113 Å². The number of nitrogens with two attached hydrogens (primary N) is 1. The lowest BCUT2D eigenvalue weighted by molar-refractivity contribution is 0.261. The predicted molar refractivity (Wildman–Crippen MR) is 73.6 cm³/mol. The maximum absolute atomic E-state index is 12.2. The van der Waals surface area contributed by atoms with E-state index in [2.05, 4.69) is 11.3 Å². The summed E-state index contributed by atoms with van der Waals surface area (Å²) in [6.07, 6.45) is 2.18. The van der Waals surface area contributed by atoms with Crippen molar-refractivity contribution in [1.29, 1.82) is 0 Å². The molecule has 0 aliphatic carbocycles. The topological polar surface area (TPSA) is 81.4 Å². The first-order chi connectivity index (χ1) is 8.95. The molecule has 1 unspecified atom stereocenters. The minimum Gasteiger partial charge on any atom is -0.492 e. The second kappa shape index (κ2) is 5.32. The smallest absolute Gasteiger partial charge is 0.244 e. The molecule has 0 aromatic heterocycles. The largest absolute Gasteiger partial charge is 0.492 e. The molecule has 5 nitrogen and oxygen atoms in total. The predicted octanol–water partition coefficient (Wildman–Crippen LogP) is 1.24. The molecular formula is C13H18N2O3S. The van der Waals surface area contributed by atoms with Crippen molar-refractivity contribution in [1.82, 2.24) is 4.72 Å². The molecule has 1 aromatic carbocycles. The lowest BCUT2D eigenvalue weighted by atomic mass is 9.99. The molecule has 0 saturated heterocycles. The number of aryl methyl sites for hydroxylation is 1. The van der Waals surface area contributed by atoms with Gasteiger partial charge in [-0.3, -0.25) is 0 Å².